The number of hydrogen-bond acceptors (Lipinski definition) is 7. The number of nitro benzene ring substituents is 1. The van der Waals surface area contributed by atoms with Crippen LogP contribution in [0.25, 0.3) is 0 Å². The number of nitro groups is 1. The van der Waals surface area contributed by atoms with Crippen molar-refractivity contribution in [2.75, 3.05) is 25.9 Å². The van der Waals surface area contributed by atoms with Gasteiger partial charge in [-0.1, -0.05) is 0 Å². The molecule has 0 aromatic heterocycles. The van der Waals surface area contributed by atoms with E-state index in [0.717, 1.165) is 17.0 Å². The topological polar surface area (TPSA) is 145 Å². The number of hydrogen-bond donors (Lipinski definition) is 2. The predicted molar refractivity (Wildman–Crippen MR) is 93.3 cm³/mol. The van der Waals surface area contributed by atoms with Crippen LogP contribution in [0, 0.1) is 10.1 Å². The molecule has 0 radical (unpaired) electrons. The first kappa shape index (κ1) is 20.9. The molecule has 0 aliphatic heterocycles. The zero-order valence-corrected chi connectivity index (χ0v) is 15.1. The zero-order chi connectivity index (χ0) is 20.1. The van der Waals surface area contributed by atoms with Gasteiger partial charge in [0.15, 0.2) is 6.61 Å². The highest BCUT2D eigenvalue weighted by molar-refractivity contribution is 5.97. The number of amides is 2. The number of carbonyl (C=O) groups excluding carboxylic acids is 3. The first-order chi connectivity index (χ1) is 11.9. The second-order valence-electron chi connectivity index (χ2n) is 6.65. The van der Waals surface area contributed by atoms with Gasteiger partial charge >= 0.3 is 5.97 Å². The Morgan fingerprint density at radius 1 is 1.31 bits per heavy atom. The van der Waals surface area contributed by atoms with Crippen molar-refractivity contribution in [3.05, 3.63) is 33.9 Å². The summed E-state index contributed by atoms with van der Waals surface area (Å²) in [7, 11) is 1.39. The highest BCUT2D eigenvalue weighted by Gasteiger charge is 2.21. The normalized spacial score (nSPS) is 10.8. The van der Waals surface area contributed by atoms with Crippen LogP contribution in [-0.2, 0) is 14.3 Å². The summed E-state index contributed by atoms with van der Waals surface area (Å²) in [4.78, 5) is 46.9. The average molecular weight is 366 g/mol. The number of non-ortho nitro benzene ring substituents is 1. The van der Waals surface area contributed by atoms with Crippen molar-refractivity contribution >= 4 is 29.2 Å². The van der Waals surface area contributed by atoms with Crippen LogP contribution >= 0.6 is 0 Å². The molecule has 0 fully saturated rings. The second-order valence-corrected chi connectivity index (χ2v) is 6.65. The number of likely N-dealkylation sites (N-methyl/N-ethyl adjacent to an activating group) is 1. The summed E-state index contributed by atoms with van der Waals surface area (Å²) in [5, 5.41) is 13.5. The van der Waals surface area contributed by atoms with Crippen molar-refractivity contribution in [1.29, 1.82) is 0 Å². The van der Waals surface area contributed by atoms with Gasteiger partial charge in [-0.2, -0.15) is 0 Å². The number of ether oxygens (including phenoxy) is 1. The number of nitrogens with zero attached hydrogens (tertiary/aromatic N) is 2. The molecule has 26 heavy (non-hydrogen) atoms. The number of carbonyl (C=O) groups is 3. The van der Waals surface area contributed by atoms with Crippen molar-refractivity contribution in [3.63, 3.8) is 0 Å². The summed E-state index contributed by atoms with van der Waals surface area (Å²) < 4.78 is 4.84. The molecular weight excluding hydrogens is 344 g/mol. The van der Waals surface area contributed by atoms with E-state index in [2.05, 4.69) is 5.32 Å². The maximum atomic E-state index is 12.0. The van der Waals surface area contributed by atoms with E-state index in [0.29, 0.717) is 0 Å². The van der Waals surface area contributed by atoms with Crippen molar-refractivity contribution in [3.8, 4) is 0 Å². The van der Waals surface area contributed by atoms with E-state index in [9.17, 15) is 24.5 Å². The van der Waals surface area contributed by atoms with E-state index >= 15 is 0 Å². The Morgan fingerprint density at radius 2 is 1.92 bits per heavy atom. The molecule has 0 atom stereocenters. The van der Waals surface area contributed by atoms with Gasteiger partial charge in [-0.3, -0.25) is 19.7 Å². The number of nitrogens with two attached hydrogens (primary N) is 1. The van der Waals surface area contributed by atoms with E-state index in [1.807, 2.05) is 0 Å². The lowest BCUT2D eigenvalue weighted by atomic mass is 10.1. The lowest BCUT2D eigenvalue weighted by Crippen LogP contribution is -2.46. The molecule has 2 amide bonds. The molecule has 10 heteroatoms. The van der Waals surface area contributed by atoms with Crippen LogP contribution in [0.5, 0.6) is 0 Å². The summed E-state index contributed by atoms with van der Waals surface area (Å²) >= 11 is 0. The molecule has 1 aromatic carbocycles. The van der Waals surface area contributed by atoms with Crippen LogP contribution in [0.15, 0.2) is 18.2 Å². The molecule has 1 rings (SSSR count). The first-order valence-electron chi connectivity index (χ1n) is 7.66. The van der Waals surface area contributed by atoms with Crippen LogP contribution in [-0.4, -0.2) is 53.3 Å². The minimum Gasteiger partial charge on any atom is -0.452 e. The molecule has 3 N–H and O–H groups in total. The number of benzene rings is 1. The SMILES string of the molecule is CN(CC(=O)NC(C)(C)C)C(=O)COC(=O)c1cc([N+](=O)[O-])ccc1N. The third-order valence-electron chi connectivity index (χ3n) is 3.12. The monoisotopic (exact) mass is 366 g/mol. The van der Waals surface area contributed by atoms with E-state index in [4.69, 9.17) is 10.5 Å². The van der Waals surface area contributed by atoms with Gasteiger partial charge in [0.05, 0.1) is 17.0 Å². The Kier molecular flexibility index (Phi) is 6.64. The Hall–Kier alpha value is -3.17. The van der Waals surface area contributed by atoms with E-state index < -0.39 is 28.9 Å². The average Bonchev–Trinajstić information content (AvgIpc) is 2.50. The van der Waals surface area contributed by atoms with Crippen LogP contribution in [0.2, 0.25) is 0 Å². The van der Waals surface area contributed by atoms with Gasteiger partial charge in [0.1, 0.15) is 0 Å². The molecule has 0 unspecified atom stereocenters. The smallest absolute Gasteiger partial charge is 0.341 e. The molecule has 0 spiro atoms. The third-order valence-corrected chi connectivity index (χ3v) is 3.12. The van der Waals surface area contributed by atoms with Crippen LogP contribution in [0.1, 0.15) is 31.1 Å². The molecule has 0 saturated heterocycles. The third kappa shape index (κ3) is 6.38. The van der Waals surface area contributed by atoms with Gasteiger partial charge in [-0.25, -0.2) is 4.79 Å². The molecule has 10 nitrogen and oxygen atoms in total. The highest BCUT2D eigenvalue weighted by Crippen LogP contribution is 2.20. The molecule has 0 heterocycles. The van der Waals surface area contributed by atoms with Crippen molar-refractivity contribution in [2.45, 2.75) is 26.3 Å². The number of rotatable bonds is 6. The predicted octanol–water partition coefficient (Wildman–Crippen LogP) is 0.707. The van der Waals surface area contributed by atoms with Gasteiger partial charge in [0, 0.05) is 30.4 Å². The summed E-state index contributed by atoms with van der Waals surface area (Å²) in [6, 6.07) is 3.33. The van der Waals surface area contributed by atoms with E-state index in [-0.39, 0.29) is 29.4 Å². The van der Waals surface area contributed by atoms with Crippen LogP contribution < -0.4 is 11.1 Å². The minimum atomic E-state index is -0.966. The molecule has 1 aromatic rings. The standard InChI is InChI=1S/C16H22N4O6/c1-16(2,3)18-13(21)8-19(4)14(22)9-26-15(23)11-7-10(20(24)25)5-6-12(11)17/h5-7H,8-9,17H2,1-4H3,(H,18,21). The number of nitrogens with one attached hydrogen (secondary N) is 1. The van der Waals surface area contributed by atoms with E-state index in [1.54, 1.807) is 20.8 Å². The van der Waals surface area contributed by atoms with Gasteiger partial charge in [0.25, 0.3) is 11.6 Å². The molecule has 0 saturated carbocycles. The summed E-state index contributed by atoms with van der Waals surface area (Å²) in [5.41, 5.74) is 4.63. The highest BCUT2D eigenvalue weighted by atomic mass is 16.6. The Morgan fingerprint density at radius 3 is 2.46 bits per heavy atom. The molecule has 0 bridgehead atoms. The summed E-state index contributed by atoms with van der Waals surface area (Å²) in [6.07, 6.45) is 0. The summed E-state index contributed by atoms with van der Waals surface area (Å²) in [6.45, 7) is 4.58. The fourth-order valence-electron chi connectivity index (χ4n) is 1.91. The zero-order valence-electron chi connectivity index (χ0n) is 15.1. The Bertz CT molecular complexity index is 726. The van der Waals surface area contributed by atoms with Crippen molar-refractivity contribution < 1.29 is 24.0 Å². The lowest BCUT2D eigenvalue weighted by molar-refractivity contribution is -0.384. The lowest BCUT2D eigenvalue weighted by Gasteiger charge is -2.23. The van der Waals surface area contributed by atoms with E-state index in [1.165, 1.54) is 13.1 Å². The first-order valence-corrected chi connectivity index (χ1v) is 7.66. The fraction of sp³-hybridized carbons (Fsp3) is 0.438. The molecule has 0 aliphatic rings. The number of esters is 1. The Balaban J connectivity index is 2.64. The molecule has 0 aliphatic carbocycles. The van der Waals surface area contributed by atoms with Gasteiger partial charge in [-0.05, 0) is 26.8 Å². The number of anilines is 1. The van der Waals surface area contributed by atoms with Crippen LogP contribution in [0.3, 0.4) is 0 Å². The van der Waals surface area contributed by atoms with Gasteiger partial charge < -0.3 is 20.7 Å². The van der Waals surface area contributed by atoms with Crippen molar-refractivity contribution in [2.24, 2.45) is 0 Å². The largest absolute Gasteiger partial charge is 0.452 e. The second kappa shape index (κ2) is 8.28. The maximum absolute atomic E-state index is 12.0. The Labute approximate surface area is 150 Å². The van der Waals surface area contributed by atoms with Crippen molar-refractivity contribution in [1.82, 2.24) is 10.2 Å². The molecule has 142 valence electrons. The van der Waals surface area contributed by atoms with Gasteiger partial charge in [0.2, 0.25) is 5.91 Å². The van der Waals surface area contributed by atoms with Crippen LogP contribution in [0.4, 0.5) is 11.4 Å². The minimum absolute atomic E-state index is 0.00837. The quantitative estimate of drug-likeness (QED) is 0.326. The van der Waals surface area contributed by atoms with Gasteiger partial charge in [-0.15, -0.1) is 0 Å². The maximum Gasteiger partial charge on any atom is 0.341 e. The molecular formula is C16H22N4O6. The summed E-state index contributed by atoms with van der Waals surface area (Å²) in [5.74, 6) is -1.93. The fourth-order valence-corrected chi connectivity index (χ4v) is 1.91. The number of nitrogen functional groups attached to an aromatic ring is 1.